The minimum absolute atomic E-state index is 0.303. The first-order valence-corrected chi connectivity index (χ1v) is 10.6. The predicted molar refractivity (Wildman–Crippen MR) is 125 cm³/mol. The lowest BCUT2D eigenvalue weighted by atomic mass is 9.87. The fraction of sp³-hybridized carbons (Fsp3) is 0.375. The third-order valence-corrected chi connectivity index (χ3v) is 5.53. The highest BCUT2D eigenvalue weighted by molar-refractivity contribution is 7.80. The number of methoxy groups -OCH3 is 1. The van der Waals surface area contributed by atoms with Crippen LogP contribution in [0.15, 0.2) is 41.4 Å². The lowest BCUT2D eigenvalue weighted by Gasteiger charge is -2.31. The van der Waals surface area contributed by atoms with Gasteiger partial charge >= 0.3 is 5.97 Å². The van der Waals surface area contributed by atoms with Crippen molar-refractivity contribution in [3.8, 4) is 11.5 Å². The van der Waals surface area contributed by atoms with E-state index in [9.17, 15) is 4.79 Å². The molecule has 2 atom stereocenters. The number of aliphatic imine (C=N–C) groups is 1. The first kappa shape index (κ1) is 22.7. The maximum absolute atomic E-state index is 12.7. The van der Waals surface area contributed by atoms with Crippen LogP contribution in [0, 0.1) is 19.8 Å². The molecule has 0 spiro atoms. The Morgan fingerprint density at radius 3 is 2.52 bits per heavy atom. The third kappa shape index (κ3) is 5.05. The van der Waals surface area contributed by atoms with Gasteiger partial charge in [0.15, 0.2) is 5.11 Å². The Labute approximate surface area is 188 Å². The summed E-state index contributed by atoms with van der Waals surface area (Å²) < 4.78 is 17.0. The number of ether oxygens (including phenoxy) is 3. The summed E-state index contributed by atoms with van der Waals surface area (Å²) in [7, 11) is 1.63. The van der Waals surface area contributed by atoms with Crippen molar-refractivity contribution in [2.75, 3.05) is 13.7 Å². The molecule has 0 bridgehead atoms. The van der Waals surface area contributed by atoms with Gasteiger partial charge in [-0.2, -0.15) is 0 Å². The monoisotopic (exact) mass is 440 g/mol. The fourth-order valence-corrected chi connectivity index (χ4v) is 4.09. The zero-order chi connectivity index (χ0) is 22.5. The summed E-state index contributed by atoms with van der Waals surface area (Å²) in [6, 6.07) is 11.5. The molecule has 2 unspecified atom stereocenters. The number of benzene rings is 2. The number of rotatable bonds is 7. The van der Waals surface area contributed by atoms with Crippen molar-refractivity contribution in [1.29, 1.82) is 0 Å². The Hall–Kier alpha value is -2.93. The molecule has 1 heterocycles. The quantitative estimate of drug-likeness (QED) is 0.506. The second kappa shape index (κ2) is 9.92. The molecule has 0 aliphatic carbocycles. The molecule has 2 aromatic carbocycles. The van der Waals surface area contributed by atoms with E-state index in [-0.39, 0.29) is 12.0 Å². The Morgan fingerprint density at radius 1 is 1.16 bits per heavy atom. The van der Waals surface area contributed by atoms with Crippen molar-refractivity contribution in [1.82, 2.24) is 5.32 Å². The maximum Gasteiger partial charge on any atom is 0.317 e. The first-order valence-electron chi connectivity index (χ1n) is 10.2. The van der Waals surface area contributed by atoms with Crippen LogP contribution < -0.4 is 14.8 Å². The average molecular weight is 441 g/mol. The van der Waals surface area contributed by atoms with Crippen molar-refractivity contribution in [3.63, 3.8) is 0 Å². The van der Waals surface area contributed by atoms with Crippen LogP contribution in [0.4, 0.5) is 0 Å². The summed E-state index contributed by atoms with van der Waals surface area (Å²) >= 11 is 5.29. The van der Waals surface area contributed by atoms with Gasteiger partial charge < -0.3 is 19.5 Å². The predicted octanol–water partition coefficient (Wildman–Crippen LogP) is 4.46. The van der Waals surface area contributed by atoms with Gasteiger partial charge in [0, 0.05) is 11.3 Å². The molecule has 3 rings (SSSR count). The van der Waals surface area contributed by atoms with E-state index < -0.39 is 5.92 Å². The molecule has 6 nitrogen and oxygen atoms in total. The van der Waals surface area contributed by atoms with Gasteiger partial charge in [-0.1, -0.05) is 24.3 Å². The van der Waals surface area contributed by atoms with Crippen LogP contribution in [0.5, 0.6) is 11.5 Å². The van der Waals surface area contributed by atoms with E-state index in [1.807, 2.05) is 50.2 Å². The van der Waals surface area contributed by atoms with Gasteiger partial charge in [0.1, 0.15) is 24.0 Å². The van der Waals surface area contributed by atoms with Crippen LogP contribution in [0.2, 0.25) is 0 Å². The number of nitrogens with one attached hydrogen (secondary N) is 1. The Morgan fingerprint density at radius 2 is 1.87 bits per heavy atom. The van der Waals surface area contributed by atoms with Crippen molar-refractivity contribution in [2.45, 2.75) is 40.3 Å². The van der Waals surface area contributed by atoms with Crippen LogP contribution in [-0.2, 0) is 16.1 Å². The van der Waals surface area contributed by atoms with Gasteiger partial charge in [-0.05, 0) is 68.7 Å². The minimum atomic E-state index is -0.563. The highest BCUT2D eigenvalue weighted by Crippen LogP contribution is 2.32. The Bertz CT molecular complexity index is 998. The van der Waals surface area contributed by atoms with Crippen molar-refractivity contribution in [2.24, 2.45) is 10.9 Å². The summed E-state index contributed by atoms with van der Waals surface area (Å²) in [6.45, 7) is 8.27. The Balaban J connectivity index is 1.94. The molecule has 0 fully saturated rings. The minimum Gasteiger partial charge on any atom is -0.496 e. The number of para-hydroxylation sites is 1. The second-order valence-electron chi connectivity index (χ2n) is 7.49. The summed E-state index contributed by atoms with van der Waals surface area (Å²) in [4.78, 5) is 16.9. The zero-order valence-electron chi connectivity index (χ0n) is 18.5. The number of esters is 1. The van der Waals surface area contributed by atoms with Crippen LogP contribution in [0.3, 0.4) is 0 Å². The molecule has 0 aromatic heterocycles. The molecule has 7 heteroatoms. The van der Waals surface area contributed by atoms with Crippen molar-refractivity contribution >= 4 is 29.0 Å². The van der Waals surface area contributed by atoms with Gasteiger partial charge in [0.25, 0.3) is 0 Å². The first-order chi connectivity index (χ1) is 14.8. The highest BCUT2D eigenvalue weighted by Gasteiger charge is 2.37. The number of nitrogens with zero attached hydrogens (tertiary/aromatic N) is 1. The van der Waals surface area contributed by atoms with Gasteiger partial charge in [-0.3, -0.25) is 4.79 Å². The van der Waals surface area contributed by atoms with E-state index in [0.29, 0.717) is 29.8 Å². The zero-order valence-corrected chi connectivity index (χ0v) is 19.3. The summed E-state index contributed by atoms with van der Waals surface area (Å²) in [5, 5.41) is 3.52. The lowest BCUT2D eigenvalue weighted by molar-refractivity contribution is -0.146. The van der Waals surface area contributed by atoms with Gasteiger partial charge in [0.05, 0.1) is 19.8 Å². The molecule has 2 aromatic rings. The van der Waals surface area contributed by atoms with E-state index >= 15 is 0 Å². The molecular weight excluding hydrogens is 412 g/mol. The smallest absolute Gasteiger partial charge is 0.317 e. The van der Waals surface area contributed by atoms with Crippen LogP contribution in [0.25, 0.3) is 0 Å². The molecule has 1 aliphatic rings. The largest absolute Gasteiger partial charge is 0.496 e. The maximum atomic E-state index is 12.7. The van der Waals surface area contributed by atoms with E-state index in [4.69, 9.17) is 26.4 Å². The van der Waals surface area contributed by atoms with Crippen molar-refractivity contribution in [3.05, 3.63) is 58.7 Å². The number of carbonyl (C=O) groups excluding carboxylic acids is 1. The SMILES string of the molecule is CCOC(=O)C1C(C)=NC(=S)NC1c1ccc(OC)c(COc2c(C)cccc2C)c1. The topological polar surface area (TPSA) is 69.2 Å². The summed E-state index contributed by atoms with van der Waals surface area (Å²) in [5.41, 5.74) is 4.54. The van der Waals surface area contributed by atoms with Gasteiger partial charge in [-0.15, -0.1) is 0 Å². The number of aryl methyl sites for hydroxylation is 2. The summed E-state index contributed by atoms with van der Waals surface area (Å²) in [5.74, 6) is 0.686. The molecule has 1 aliphatic heterocycles. The number of thiocarbonyl (C=S) groups is 1. The van der Waals surface area contributed by atoms with Crippen molar-refractivity contribution < 1.29 is 19.0 Å². The molecule has 0 radical (unpaired) electrons. The molecular formula is C24H28N2O4S. The van der Waals surface area contributed by atoms with E-state index in [1.54, 1.807) is 21.0 Å². The molecule has 0 saturated heterocycles. The molecule has 164 valence electrons. The van der Waals surface area contributed by atoms with E-state index in [0.717, 1.165) is 28.0 Å². The second-order valence-corrected chi connectivity index (χ2v) is 7.88. The number of carbonyl (C=O) groups is 1. The van der Waals surface area contributed by atoms with Crippen LogP contribution in [0.1, 0.15) is 42.1 Å². The summed E-state index contributed by atoms with van der Waals surface area (Å²) in [6.07, 6.45) is 0. The normalized spacial score (nSPS) is 18.1. The standard InChI is InChI=1S/C24H28N2O4S/c1-6-29-23(27)20-16(4)25-24(31)26-21(20)17-10-11-19(28-5)18(12-17)13-30-22-14(2)8-7-9-15(22)3/h7-12,20-21H,6,13H2,1-5H3,(H,26,31). The molecule has 31 heavy (non-hydrogen) atoms. The number of hydrogen-bond donors (Lipinski definition) is 1. The van der Waals surface area contributed by atoms with Crippen LogP contribution >= 0.6 is 12.2 Å². The molecule has 0 saturated carbocycles. The molecule has 1 N–H and O–H groups in total. The highest BCUT2D eigenvalue weighted by atomic mass is 32.1. The number of hydrogen-bond acceptors (Lipinski definition) is 5. The van der Waals surface area contributed by atoms with E-state index in [1.165, 1.54) is 0 Å². The fourth-order valence-electron chi connectivity index (χ4n) is 3.82. The van der Waals surface area contributed by atoms with E-state index in [2.05, 4.69) is 10.3 Å². The third-order valence-electron chi connectivity index (χ3n) is 5.33. The molecule has 0 amide bonds. The average Bonchev–Trinajstić information content (AvgIpc) is 2.72. The van der Waals surface area contributed by atoms with Gasteiger partial charge in [0.2, 0.25) is 0 Å². The lowest BCUT2D eigenvalue weighted by Crippen LogP contribution is -2.44. The van der Waals surface area contributed by atoms with Gasteiger partial charge in [-0.25, -0.2) is 4.99 Å². The van der Waals surface area contributed by atoms with Crippen LogP contribution in [-0.4, -0.2) is 30.5 Å². The Kier molecular flexibility index (Phi) is 7.28.